The lowest BCUT2D eigenvalue weighted by molar-refractivity contribution is -0.121. The van der Waals surface area contributed by atoms with Crippen LogP contribution in [0.5, 0.6) is 5.75 Å². The zero-order valence-electron chi connectivity index (χ0n) is 14.0. The molecule has 0 radical (unpaired) electrons. The molecule has 0 spiro atoms. The maximum Gasteiger partial charge on any atom is 0.336 e. The molecule has 1 saturated heterocycles. The van der Waals surface area contributed by atoms with Crippen LogP contribution in [-0.4, -0.2) is 34.7 Å². The Labute approximate surface area is 154 Å². The summed E-state index contributed by atoms with van der Waals surface area (Å²) in [7, 11) is 0. The molecule has 26 heavy (non-hydrogen) atoms. The number of nitrogens with zero attached hydrogens (tertiary/aromatic N) is 1. The van der Waals surface area contributed by atoms with E-state index in [1.807, 2.05) is 6.92 Å². The lowest BCUT2D eigenvalue weighted by atomic mass is 10.2. The quantitative estimate of drug-likeness (QED) is 0.785. The van der Waals surface area contributed by atoms with E-state index in [1.54, 1.807) is 42.5 Å². The molecule has 1 atom stereocenters. The van der Waals surface area contributed by atoms with Crippen molar-refractivity contribution in [1.82, 2.24) is 0 Å². The Bertz CT molecular complexity index is 849. The molecule has 1 N–H and O–H groups in total. The van der Waals surface area contributed by atoms with Gasteiger partial charge < -0.3 is 9.84 Å². The number of anilines is 1. The molecule has 0 saturated carbocycles. The van der Waals surface area contributed by atoms with Crippen molar-refractivity contribution in [3.63, 3.8) is 0 Å². The molecule has 2 amide bonds. The zero-order valence-corrected chi connectivity index (χ0v) is 14.9. The van der Waals surface area contributed by atoms with Gasteiger partial charge in [0.1, 0.15) is 5.75 Å². The highest BCUT2D eigenvalue weighted by Crippen LogP contribution is 2.35. The van der Waals surface area contributed by atoms with Gasteiger partial charge in [-0.3, -0.25) is 9.59 Å². The molecule has 1 aliphatic rings. The molecule has 7 heteroatoms. The van der Waals surface area contributed by atoms with Gasteiger partial charge in [-0.05, 0) is 43.3 Å². The number of hydrogen-bond acceptors (Lipinski definition) is 5. The van der Waals surface area contributed by atoms with Crippen LogP contribution >= 0.6 is 11.8 Å². The molecule has 1 heterocycles. The molecule has 3 rings (SSSR count). The largest absolute Gasteiger partial charge is 0.494 e. The average molecular weight is 371 g/mol. The van der Waals surface area contributed by atoms with E-state index in [2.05, 4.69) is 0 Å². The topological polar surface area (TPSA) is 83.9 Å². The van der Waals surface area contributed by atoms with E-state index in [9.17, 15) is 19.5 Å². The van der Waals surface area contributed by atoms with Crippen LogP contribution in [-0.2, 0) is 9.59 Å². The molecule has 1 aliphatic heterocycles. The summed E-state index contributed by atoms with van der Waals surface area (Å²) < 4.78 is 5.36. The Morgan fingerprint density at radius 3 is 2.54 bits per heavy atom. The van der Waals surface area contributed by atoms with Crippen LogP contribution in [0.1, 0.15) is 23.7 Å². The van der Waals surface area contributed by atoms with Crippen LogP contribution in [0.15, 0.2) is 53.4 Å². The predicted octanol–water partition coefficient (Wildman–Crippen LogP) is 3.21. The minimum atomic E-state index is -1.06. The van der Waals surface area contributed by atoms with Crippen molar-refractivity contribution in [2.75, 3.05) is 11.5 Å². The van der Waals surface area contributed by atoms with E-state index in [4.69, 9.17) is 4.74 Å². The maximum atomic E-state index is 12.7. The van der Waals surface area contributed by atoms with E-state index in [0.29, 0.717) is 22.9 Å². The highest BCUT2D eigenvalue weighted by atomic mass is 32.2. The number of thioether (sulfide) groups is 1. The van der Waals surface area contributed by atoms with Crippen molar-refractivity contribution >= 4 is 35.2 Å². The SMILES string of the molecule is CCOc1ccc(N2C(=O)CC(Sc3ccccc3C(=O)O)C2=O)cc1. The summed E-state index contributed by atoms with van der Waals surface area (Å²) in [5.74, 6) is -1.04. The first-order valence-electron chi connectivity index (χ1n) is 8.10. The molecule has 2 aromatic carbocycles. The standard InChI is InChI=1S/C19H17NO5S/c1-2-25-13-9-7-12(8-10-13)20-17(21)11-16(18(20)22)26-15-6-4-3-5-14(15)19(23)24/h3-10,16H,2,11H2,1H3,(H,23,24). The third-order valence-corrected chi connectivity index (χ3v) is 5.16. The van der Waals surface area contributed by atoms with E-state index < -0.39 is 11.2 Å². The fourth-order valence-electron chi connectivity index (χ4n) is 2.72. The predicted molar refractivity (Wildman–Crippen MR) is 97.8 cm³/mol. The minimum Gasteiger partial charge on any atom is -0.494 e. The van der Waals surface area contributed by atoms with Crippen LogP contribution < -0.4 is 9.64 Å². The first-order valence-corrected chi connectivity index (χ1v) is 8.98. The first kappa shape index (κ1) is 18.0. The van der Waals surface area contributed by atoms with Gasteiger partial charge in [-0.2, -0.15) is 0 Å². The first-order chi connectivity index (χ1) is 12.5. The average Bonchev–Trinajstić information content (AvgIpc) is 2.90. The van der Waals surface area contributed by atoms with Crippen LogP contribution in [0.3, 0.4) is 0 Å². The lowest BCUT2D eigenvalue weighted by Crippen LogP contribution is -2.31. The van der Waals surface area contributed by atoms with Crippen molar-refractivity contribution in [2.24, 2.45) is 0 Å². The molecule has 0 bridgehead atoms. The minimum absolute atomic E-state index is 0.0324. The monoisotopic (exact) mass is 371 g/mol. The third kappa shape index (κ3) is 3.57. The van der Waals surface area contributed by atoms with E-state index in [1.165, 1.54) is 6.07 Å². The van der Waals surface area contributed by atoms with Gasteiger partial charge in [0.05, 0.1) is 23.1 Å². The van der Waals surface area contributed by atoms with E-state index in [0.717, 1.165) is 16.7 Å². The molecular weight excluding hydrogens is 354 g/mol. The number of hydrogen-bond donors (Lipinski definition) is 1. The van der Waals surface area contributed by atoms with Gasteiger partial charge in [0.25, 0.3) is 0 Å². The molecular formula is C19H17NO5S. The fraction of sp³-hybridized carbons (Fsp3) is 0.211. The number of carboxylic acid groups (broad SMARTS) is 1. The van der Waals surface area contributed by atoms with Crippen LogP contribution in [0.2, 0.25) is 0 Å². The number of aromatic carboxylic acids is 1. The maximum absolute atomic E-state index is 12.7. The molecule has 2 aromatic rings. The summed E-state index contributed by atoms with van der Waals surface area (Å²) in [6.07, 6.45) is 0.0324. The Morgan fingerprint density at radius 2 is 1.88 bits per heavy atom. The number of imide groups is 1. The van der Waals surface area contributed by atoms with Gasteiger partial charge >= 0.3 is 5.97 Å². The Morgan fingerprint density at radius 1 is 1.19 bits per heavy atom. The second kappa shape index (κ2) is 7.61. The number of carboxylic acids is 1. The van der Waals surface area contributed by atoms with Crippen molar-refractivity contribution in [3.8, 4) is 5.75 Å². The molecule has 134 valence electrons. The smallest absolute Gasteiger partial charge is 0.336 e. The molecule has 0 aromatic heterocycles. The van der Waals surface area contributed by atoms with Gasteiger partial charge in [-0.15, -0.1) is 11.8 Å². The Balaban J connectivity index is 1.80. The molecule has 6 nitrogen and oxygen atoms in total. The highest BCUT2D eigenvalue weighted by Gasteiger charge is 2.40. The summed E-state index contributed by atoms with van der Waals surface area (Å²) in [5, 5.41) is 8.63. The number of rotatable bonds is 6. The summed E-state index contributed by atoms with van der Waals surface area (Å²) in [6.45, 7) is 2.40. The summed E-state index contributed by atoms with van der Waals surface area (Å²) in [4.78, 5) is 38.0. The Hall–Kier alpha value is -2.80. The molecule has 1 fully saturated rings. The molecule has 1 unspecified atom stereocenters. The second-order valence-corrected chi connectivity index (χ2v) is 6.85. The summed E-state index contributed by atoms with van der Waals surface area (Å²) >= 11 is 1.11. The van der Waals surface area contributed by atoms with Crippen molar-refractivity contribution in [1.29, 1.82) is 0 Å². The van der Waals surface area contributed by atoms with Crippen molar-refractivity contribution in [3.05, 3.63) is 54.1 Å². The number of carbonyl (C=O) groups excluding carboxylic acids is 2. The van der Waals surface area contributed by atoms with Crippen molar-refractivity contribution in [2.45, 2.75) is 23.5 Å². The van der Waals surface area contributed by atoms with Gasteiger partial charge in [0, 0.05) is 11.3 Å². The van der Waals surface area contributed by atoms with E-state index >= 15 is 0 Å². The summed E-state index contributed by atoms with van der Waals surface area (Å²) in [6, 6.07) is 13.2. The van der Waals surface area contributed by atoms with Gasteiger partial charge in [-0.25, -0.2) is 9.69 Å². The van der Waals surface area contributed by atoms with Gasteiger partial charge in [0.2, 0.25) is 11.8 Å². The normalized spacial score (nSPS) is 16.8. The summed E-state index contributed by atoms with van der Waals surface area (Å²) in [5.41, 5.74) is 0.607. The van der Waals surface area contributed by atoms with Crippen LogP contribution in [0.4, 0.5) is 5.69 Å². The van der Waals surface area contributed by atoms with Gasteiger partial charge in [0.15, 0.2) is 0 Å². The highest BCUT2D eigenvalue weighted by molar-refractivity contribution is 8.00. The van der Waals surface area contributed by atoms with Gasteiger partial charge in [-0.1, -0.05) is 12.1 Å². The third-order valence-electron chi connectivity index (χ3n) is 3.90. The van der Waals surface area contributed by atoms with E-state index in [-0.39, 0.29) is 23.8 Å². The van der Waals surface area contributed by atoms with Crippen LogP contribution in [0, 0.1) is 0 Å². The van der Waals surface area contributed by atoms with Crippen LogP contribution in [0.25, 0.3) is 0 Å². The second-order valence-electron chi connectivity index (χ2n) is 5.61. The number of amides is 2. The number of benzene rings is 2. The fourth-order valence-corrected chi connectivity index (χ4v) is 3.90. The molecule has 0 aliphatic carbocycles. The number of carbonyl (C=O) groups is 3. The zero-order chi connectivity index (χ0) is 18.7. The lowest BCUT2D eigenvalue weighted by Gasteiger charge is -2.16. The van der Waals surface area contributed by atoms with Crippen molar-refractivity contribution < 1.29 is 24.2 Å². The number of ether oxygens (including phenoxy) is 1. The Kier molecular flexibility index (Phi) is 5.27.